The maximum Gasteiger partial charge on any atom is 0.237 e. The Kier molecular flexibility index (Phi) is 4.96. The second kappa shape index (κ2) is 6.50. The van der Waals surface area contributed by atoms with E-state index >= 15 is 0 Å². The highest BCUT2D eigenvalue weighted by Gasteiger charge is 2.28. The number of benzene rings is 1. The van der Waals surface area contributed by atoms with E-state index in [1.807, 2.05) is 31.2 Å². The van der Waals surface area contributed by atoms with Gasteiger partial charge in [-0.15, -0.1) is 0 Å². The predicted molar refractivity (Wildman–Crippen MR) is 77.9 cm³/mol. The predicted octanol–water partition coefficient (Wildman–Crippen LogP) is 1.22. The molecule has 0 spiro atoms. The Morgan fingerprint density at radius 2 is 2.32 bits per heavy atom. The van der Waals surface area contributed by atoms with E-state index in [1.165, 1.54) is 5.56 Å². The Hall–Kier alpha value is -0.910. The summed E-state index contributed by atoms with van der Waals surface area (Å²) < 4.78 is 1.06. The first-order valence-corrected chi connectivity index (χ1v) is 7.31. The van der Waals surface area contributed by atoms with Crippen LogP contribution >= 0.6 is 15.9 Å². The van der Waals surface area contributed by atoms with Gasteiger partial charge in [0, 0.05) is 17.1 Å². The molecule has 1 aliphatic heterocycles. The molecule has 5 heteroatoms. The lowest BCUT2D eigenvalue weighted by Crippen LogP contribution is -2.44. The van der Waals surface area contributed by atoms with Crippen LogP contribution in [-0.4, -0.2) is 35.7 Å². The molecule has 104 valence electrons. The van der Waals surface area contributed by atoms with Gasteiger partial charge >= 0.3 is 0 Å². The number of aliphatic hydroxyl groups is 1. The quantitative estimate of drug-likeness (QED) is 0.779. The van der Waals surface area contributed by atoms with E-state index in [0.29, 0.717) is 13.0 Å². The molecule has 1 amide bonds. The zero-order valence-corrected chi connectivity index (χ0v) is 12.5. The molecule has 0 saturated carbocycles. The molecule has 2 rings (SSSR count). The number of halogens is 1. The molecular formula is C14H19BrN2O2. The zero-order valence-electron chi connectivity index (χ0n) is 10.9. The Balaban J connectivity index is 1.86. The average Bonchev–Trinajstić information content (AvgIpc) is 2.79. The summed E-state index contributed by atoms with van der Waals surface area (Å²) in [5.41, 5.74) is 1.18. The molecule has 1 heterocycles. The number of hydrogen-bond acceptors (Lipinski definition) is 3. The SMILES string of the molecule is CC(Cc1ccccc1Br)NC(=O)C1CC(O)CN1. The third-order valence-corrected chi connectivity index (χ3v) is 4.07. The van der Waals surface area contributed by atoms with Crippen molar-refractivity contribution in [2.24, 2.45) is 0 Å². The zero-order chi connectivity index (χ0) is 13.8. The van der Waals surface area contributed by atoms with E-state index in [9.17, 15) is 9.90 Å². The third-order valence-electron chi connectivity index (χ3n) is 3.30. The molecule has 19 heavy (non-hydrogen) atoms. The first-order valence-electron chi connectivity index (χ1n) is 6.51. The third kappa shape index (κ3) is 4.03. The minimum atomic E-state index is -0.408. The number of hydrogen-bond donors (Lipinski definition) is 3. The van der Waals surface area contributed by atoms with Crippen LogP contribution < -0.4 is 10.6 Å². The summed E-state index contributed by atoms with van der Waals surface area (Å²) in [5.74, 6) is -0.0314. The standard InChI is InChI=1S/C14H19BrN2O2/c1-9(6-10-4-2-3-5-12(10)15)17-14(19)13-7-11(18)8-16-13/h2-5,9,11,13,16,18H,6-8H2,1H3,(H,17,19). The molecule has 0 radical (unpaired) electrons. The summed E-state index contributed by atoms with van der Waals surface area (Å²) in [6.45, 7) is 2.49. The van der Waals surface area contributed by atoms with Gasteiger partial charge in [-0.1, -0.05) is 34.1 Å². The number of aliphatic hydroxyl groups excluding tert-OH is 1. The van der Waals surface area contributed by atoms with Crippen molar-refractivity contribution in [3.8, 4) is 0 Å². The highest BCUT2D eigenvalue weighted by molar-refractivity contribution is 9.10. The first kappa shape index (κ1) is 14.5. The van der Waals surface area contributed by atoms with Crippen molar-refractivity contribution in [3.63, 3.8) is 0 Å². The second-order valence-electron chi connectivity index (χ2n) is 5.06. The van der Waals surface area contributed by atoms with E-state index in [1.54, 1.807) is 0 Å². The summed E-state index contributed by atoms with van der Waals surface area (Å²) in [6, 6.07) is 7.80. The van der Waals surface area contributed by atoms with Crippen LogP contribution in [0.1, 0.15) is 18.9 Å². The fourth-order valence-electron chi connectivity index (χ4n) is 2.31. The van der Waals surface area contributed by atoms with Crippen molar-refractivity contribution < 1.29 is 9.90 Å². The molecule has 3 atom stereocenters. The summed E-state index contributed by atoms with van der Waals surface area (Å²) in [5, 5.41) is 15.4. The maximum absolute atomic E-state index is 12.0. The second-order valence-corrected chi connectivity index (χ2v) is 5.91. The summed E-state index contributed by atoms with van der Waals surface area (Å²) in [6.07, 6.45) is 0.866. The van der Waals surface area contributed by atoms with Crippen molar-refractivity contribution in [3.05, 3.63) is 34.3 Å². The highest BCUT2D eigenvalue weighted by atomic mass is 79.9. The molecular weight excluding hydrogens is 308 g/mol. The molecule has 0 aromatic heterocycles. The number of amides is 1. The lowest BCUT2D eigenvalue weighted by Gasteiger charge is -2.17. The normalized spacial score (nSPS) is 24.2. The fraction of sp³-hybridized carbons (Fsp3) is 0.500. The highest BCUT2D eigenvalue weighted by Crippen LogP contribution is 2.17. The smallest absolute Gasteiger partial charge is 0.237 e. The van der Waals surface area contributed by atoms with Crippen LogP contribution in [0.2, 0.25) is 0 Å². The molecule has 0 aliphatic carbocycles. The van der Waals surface area contributed by atoms with Gasteiger partial charge in [-0.05, 0) is 31.4 Å². The number of rotatable bonds is 4. The van der Waals surface area contributed by atoms with Gasteiger partial charge in [-0.3, -0.25) is 4.79 Å². The van der Waals surface area contributed by atoms with Crippen LogP contribution in [0.4, 0.5) is 0 Å². The molecule has 3 N–H and O–H groups in total. The van der Waals surface area contributed by atoms with Crippen molar-refractivity contribution >= 4 is 21.8 Å². The minimum absolute atomic E-state index is 0.0314. The van der Waals surface area contributed by atoms with E-state index < -0.39 is 6.10 Å². The van der Waals surface area contributed by atoms with E-state index in [4.69, 9.17) is 0 Å². The first-order chi connectivity index (χ1) is 9.06. The monoisotopic (exact) mass is 326 g/mol. The van der Waals surface area contributed by atoms with Crippen LogP contribution in [-0.2, 0) is 11.2 Å². The van der Waals surface area contributed by atoms with Gasteiger partial charge < -0.3 is 15.7 Å². The van der Waals surface area contributed by atoms with Crippen molar-refractivity contribution in [2.45, 2.75) is 38.0 Å². The van der Waals surface area contributed by atoms with Gasteiger partial charge in [0.2, 0.25) is 5.91 Å². The topological polar surface area (TPSA) is 61.4 Å². The maximum atomic E-state index is 12.0. The lowest BCUT2D eigenvalue weighted by atomic mass is 10.1. The minimum Gasteiger partial charge on any atom is -0.392 e. The summed E-state index contributed by atoms with van der Waals surface area (Å²) >= 11 is 3.51. The molecule has 1 saturated heterocycles. The van der Waals surface area contributed by atoms with Gasteiger partial charge in [-0.25, -0.2) is 0 Å². The van der Waals surface area contributed by atoms with Crippen LogP contribution in [0.3, 0.4) is 0 Å². The van der Waals surface area contributed by atoms with E-state index in [-0.39, 0.29) is 18.0 Å². The number of carbonyl (C=O) groups excluding carboxylic acids is 1. The van der Waals surface area contributed by atoms with Gasteiger partial charge in [-0.2, -0.15) is 0 Å². The van der Waals surface area contributed by atoms with Crippen molar-refractivity contribution in [2.75, 3.05) is 6.54 Å². The van der Waals surface area contributed by atoms with Crippen LogP contribution in [0, 0.1) is 0 Å². The molecule has 1 aliphatic rings. The molecule has 0 bridgehead atoms. The molecule has 1 aromatic carbocycles. The van der Waals surface area contributed by atoms with Crippen LogP contribution in [0.5, 0.6) is 0 Å². The van der Waals surface area contributed by atoms with Gasteiger partial charge in [0.25, 0.3) is 0 Å². The van der Waals surface area contributed by atoms with E-state index in [2.05, 4.69) is 26.6 Å². The Bertz CT molecular complexity index is 453. The number of β-amino-alcohol motifs (C(OH)–C–C–N with tert-alkyl or cyclic N) is 1. The molecule has 4 nitrogen and oxygen atoms in total. The summed E-state index contributed by atoms with van der Waals surface area (Å²) in [4.78, 5) is 12.0. The van der Waals surface area contributed by atoms with Crippen molar-refractivity contribution in [1.82, 2.24) is 10.6 Å². The lowest BCUT2D eigenvalue weighted by molar-refractivity contribution is -0.123. The van der Waals surface area contributed by atoms with Crippen LogP contribution in [0.15, 0.2) is 28.7 Å². The summed E-state index contributed by atoms with van der Waals surface area (Å²) in [7, 11) is 0. The average molecular weight is 327 g/mol. The van der Waals surface area contributed by atoms with Gasteiger partial charge in [0.1, 0.15) is 0 Å². The Morgan fingerprint density at radius 1 is 1.58 bits per heavy atom. The van der Waals surface area contributed by atoms with Gasteiger partial charge in [0.15, 0.2) is 0 Å². The molecule has 3 unspecified atom stereocenters. The van der Waals surface area contributed by atoms with Crippen molar-refractivity contribution in [1.29, 1.82) is 0 Å². The Morgan fingerprint density at radius 3 is 2.95 bits per heavy atom. The number of carbonyl (C=O) groups is 1. The van der Waals surface area contributed by atoms with E-state index in [0.717, 1.165) is 10.9 Å². The fourth-order valence-corrected chi connectivity index (χ4v) is 2.75. The largest absolute Gasteiger partial charge is 0.392 e. The van der Waals surface area contributed by atoms with Gasteiger partial charge in [0.05, 0.1) is 12.1 Å². The van der Waals surface area contributed by atoms with Crippen LogP contribution in [0.25, 0.3) is 0 Å². The molecule has 1 aromatic rings. The molecule has 1 fully saturated rings. The Labute approximate surface area is 121 Å². The number of nitrogens with one attached hydrogen (secondary N) is 2.